The standard InChI is InChI=1S/C21H28ClN5O2S/c1-30(29)17-11-15-5-2-9-27(10-3-6-18-23-12-16(22)13-24-18)20(15)25-19(17)26-21(14-28)7-4-8-21/h11-13,28H,2-10,14H2,1H3,(H,25,26). The predicted molar refractivity (Wildman–Crippen MR) is 120 cm³/mol. The number of hydrogen-bond acceptors (Lipinski definition) is 7. The van der Waals surface area contributed by atoms with E-state index in [1.54, 1.807) is 18.6 Å². The molecule has 2 aromatic rings. The van der Waals surface area contributed by atoms with E-state index in [9.17, 15) is 9.32 Å². The molecule has 0 saturated heterocycles. The fourth-order valence-electron chi connectivity index (χ4n) is 4.15. The van der Waals surface area contributed by atoms with E-state index in [0.717, 1.165) is 80.1 Å². The number of fused-ring (bicyclic) bond motifs is 1. The van der Waals surface area contributed by atoms with Crippen LogP contribution in [0.25, 0.3) is 0 Å². The number of pyridine rings is 1. The number of halogens is 1. The maximum absolute atomic E-state index is 12.4. The molecule has 0 radical (unpaired) electrons. The number of rotatable bonds is 8. The third kappa shape index (κ3) is 4.60. The van der Waals surface area contributed by atoms with Crippen molar-refractivity contribution in [2.75, 3.05) is 36.2 Å². The lowest BCUT2D eigenvalue weighted by molar-refractivity contribution is 0.143. The summed E-state index contributed by atoms with van der Waals surface area (Å²) in [5.41, 5.74) is 0.812. The van der Waals surface area contributed by atoms with Crippen molar-refractivity contribution >= 4 is 34.0 Å². The van der Waals surface area contributed by atoms with Crippen LogP contribution < -0.4 is 10.2 Å². The molecule has 0 amide bonds. The fourth-order valence-corrected chi connectivity index (χ4v) is 4.92. The average Bonchev–Trinajstić information content (AvgIpc) is 2.71. The van der Waals surface area contributed by atoms with Gasteiger partial charge in [-0.1, -0.05) is 11.6 Å². The lowest BCUT2D eigenvalue weighted by Crippen LogP contribution is -2.48. The number of aliphatic hydroxyl groups excluding tert-OH is 1. The first kappa shape index (κ1) is 21.5. The molecule has 2 N–H and O–H groups in total. The largest absolute Gasteiger partial charge is 0.394 e. The molecule has 0 spiro atoms. The van der Waals surface area contributed by atoms with Crippen molar-refractivity contribution in [1.29, 1.82) is 0 Å². The van der Waals surface area contributed by atoms with Gasteiger partial charge in [-0.2, -0.15) is 0 Å². The molecule has 7 nitrogen and oxygen atoms in total. The summed E-state index contributed by atoms with van der Waals surface area (Å²) in [6, 6.07) is 2.04. The van der Waals surface area contributed by atoms with Crippen molar-refractivity contribution in [3.05, 3.63) is 34.9 Å². The number of hydrogen-bond donors (Lipinski definition) is 2. The number of anilines is 2. The van der Waals surface area contributed by atoms with Crippen LogP contribution in [0.5, 0.6) is 0 Å². The summed E-state index contributed by atoms with van der Waals surface area (Å²) in [4.78, 5) is 16.5. The zero-order valence-corrected chi connectivity index (χ0v) is 18.8. The highest BCUT2D eigenvalue weighted by Gasteiger charge is 2.37. The normalized spacial score (nSPS) is 18.4. The van der Waals surface area contributed by atoms with E-state index in [2.05, 4.69) is 20.2 Å². The highest BCUT2D eigenvalue weighted by Crippen LogP contribution is 2.38. The summed E-state index contributed by atoms with van der Waals surface area (Å²) in [7, 11) is -1.15. The third-order valence-electron chi connectivity index (χ3n) is 6.03. The second kappa shape index (κ2) is 9.16. The molecule has 1 aliphatic heterocycles. The first-order valence-electron chi connectivity index (χ1n) is 10.5. The van der Waals surface area contributed by atoms with Gasteiger partial charge in [0.15, 0.2) is 0 Å². The second-order valence-electron chi connectivity index (χ2n) is 8.20. The molecule has 1 aliphatic carbocycles. The van der Waals surface area contributed by atoms with Crippen LogP contribution in [0.15, 0.2) is 23.4 Å². The van der Waals surface area contributed by atoms with E-state index in [0.29, 0.717) is 10.8 Å². The number of nitrogens with zero attached hydrogens (tertiary/aromatic N) is 4. The summed E-state index contributed by atoms with van der Waals surface area (Å²) in [5, 5.41) is 13.8. The van der Waals surface area contributed by atoms with Crippen molar-refractivity contribution in [2.45, 2.75) is 55.4 Å². The van der Waals surface area contributed by atoms with Crippen LogP contribution in [0.3, 0.4) is 0 Å². The molecule has 30 heavy (non-hydrogen) atoms. The monoisotopic (exact) mass is 449 g/mol. The minimum atomic E-state index is -1.15. The van der Waals surface area contributed by atoms with Gasteiger partial charge < -0.3 is 15.3 Å². The third-order valence-corrected chi connectivity index (χ3v) is 7.15. The second-order valence-corrected chi connectivity index (χ2v) is 9.99. The van der Waals surface area contributed by atoms with Gasteiger partial charge in [-0.15, -0.1) is 0 Å². The van der Waals surface area contributed by atoms with E-state index < -0.39 is 10.8 Å². The van der Waals surface area contributed by atoms with Gasteiger partial charge >= 0.3 is 0 Å². The van der Waals surface area contributed by atoms with Gasteiger partial charge in [-0.25, -0.2) is 15.0 Å². The number of aliphatic hydroxyl groups is 1. The minimum absolute atomic E-state index is 0.0619. The summed E-state index contributed by atoms with van der Waals surface area (Å²) >= 11 is 5.86. The fraction of sp³-hybridized carbons (Fsp3) is 0.571. The Balaban J connectivity index is 1.53. The van der Waals surface area contributed by atoms with Crippen LogP contribution in [0.4, 0.5) is 11.6 Å². The van der Waals surface area contributed by atoms with E-state index in [1.165, 1.54) is 0 Å². The van der Waals surface area contributed by atoms with Crippen molar-refractivity contribution < 1.29 is 9.32 Å². The van der Waals surface area contributed by atoms with E-state index >= 15 is 0 Å². The smallest absolute Gasteiger partial charge is 0.145 e. The predicted octanol–water partition coefficient (Wildman–Crippen LogP) is 2.97. The Kier molecular flexibility index (Phi) is 6.55. The van der Waals surface area contributed by atoms with Gasteiger partial charge in [0, 0.05) is 38.2 Å². The Labute approximate surface area is 184 Å². The number of nitrogens with one attached hydrogen (secondary N) is 1. The maximum atomic E-state index is 12.4. The summed E-state index contributed by atoms with van der Waals surface area (Å²) in [5.74, 6) is 2.40. The molecule has 1 saturated carbocycles. The van der Waals surface area contributed by atoms with E-state index in [-0.39, 0.29) is 12.1 Å². The molecule has 1 unspecified atom stereocenters. The first-order valence-corrected chi connectivity index (χ1v) is 12.4. The van der Waals surface area contributed by atoms with Crippen LogP contribution in [0, 0.1) is 0 Å². The van der Waals surface area contributed by atoms with Crippen molar-refractivity contribution in [3.63, 3.8) is 0 Å². The van der Waals surface area contributed by atoms with Crippen molar-refractivity contribution in [1.82, 2.24) is 15.0 Å². The lowest BCUT2D eigenvalue weighted by Gasteiger charge is -2.42. The quantitative estimate of drug-likeness (QED) is 0.640. The molecule has 1 fully saturated rings. The molecule has 2 aliphatic rings. The van der Waals surface area contributed by atoms with Gasteiger partial charge in [0.2, 0.25) is 0 Å². The van der Waals surface area contributed by atoms with Gasteiger partial charge in [0.25, 0.3) is 0 Å². The summed E-state index contributed by atoms with van der Waals surface area (Å²) in [6.07, 6.45) is 11.5. The maximum Gasteiger partial charge on any atom is 0.145 e. The summed E-state index contributed by atoms with van der Waals surface area (Å²) in [6.45, 7) is 1.86. The molecule has 2 aromatic heterocycles. The molecule has 0 aromatic carbocycles. The Morgan fingerprint density at radius 2 is 2.07 bits per heavy atom. The molecule has 3 heterocycles. The van der Waals surface area contributed by atoms with E-state index in [1.807, 2.05) is 6.07 Å². The Morgan fingerprint density at radius 3 is 2.70 bits per heavy atom. The highest BCUT2D eigenvalue weighted by molar-refractivity contribution is 7.84. The topological polar surface area (TPSA) is 91.2 Å². The minimum Gasteiger partial charge on any atom is -0.394 e. The molecular formula is C21H28ClN5O2S. The first-order chi connectivity index (χ1) is 14.5. The van der Waals surface area contributed by atoms with Gasteiger partial charge in [-0.3, -0.25) is 4.21 Å². The van der Waals surface area contributed by atoms with Gasteiger partial charge in [0.1, 0.15) is 17.5 Å². The Bertz CT molecular complexity index is 915. The highest BCUT2D eigenvalue weighted by atomic mass is 35.5. The van der Waals surface area contributed by atoms with Crippen LogP contribution >= 0.6 is 11.6 Å². The van der Waals surface area contributed by atoms with Gasteiger partial charge in [-0.05, 0) is 50.2 Å². The molecule has 1 atom stereocenters. The molecule has 4 rings (SSSR count). The van der Waals surface area contributed by atoms with Crippen LogP contribution in [-0.2, 0) is 23.6 Å². The molecule has 162 valence electrons. The van der Waals surface area contributed by atoms with Crippen molar-refractivity contribution in [3.8, 4) is 0 Å². The zero-order chi connectivity index (χ0) is 21.1. The summed E-state index contributed by atoms with van der Waals surface area (Å²) < 4.78 is 12.4. The van der Waals surface area contributed by atoms with Crippen molar-refractivity contribution in [2.24, 2.45) is 0 Å². The molecule has 9 heteroatoms. The average molecular weight is 450 g/mol. The lowest BCUT2D eigenvalue weighted by atomic mass is 9.77. The van der Waals surface area contributed by atoms with Gasteiger partial charge in [0.05, 0.1) is 32.9 Å². The number of aryl methyl sites for hydroxylation is 2. The Morgan fingerprint density at radius 1 is 1.30 bits per heavy atom. The molecular weight excluding hydrogens is 422 g/mol. The number of aromatic nitrogens is 3. The zero-order valence-electron chi connectivity index (χ0n) is 17.2. The Hall–Kier alpha value is -1.77. The SMILES string of the molecule is CS(=O)c1cc2c(nc1NC1(CO)CCC1)N(CCCc1ncc(Cl)cn1)CCC2. The van der Waals surface area contributed by atoms with Crippen LogP contribution in [-0.4, -0.2) is 55.8 Å². The van der Waals surface area contributed by atoms with Crippen LogP contribution in [0.1, 0.15) is 43.5 Å². The molecule has 0 bridgehead atoms. The van der Waals surface area contributed by atoms with E-state index in [4.69, 9.17) is 16.6 Å². The van der Waals surface area contributed by atoms with Crippen LogP contribution in [0.2, 0.25) is 5.02 Å².